The highest BCUT2D eigenvalue weighted by Crippen LogP contribution is 2.27. The van der Waals surface area contributed by atoms with E-state index < -0.39 is 0 Å². The van der Waals surface area contributed by atoms with Gasteiger partial charge in [-0.25, -0.2) is 4.98 Å². The predicted octanol–water partition coefficient (Wildman–Crippen LogP) is 3.30. The van der Waals surface area contributed by atoms with E-state index >= 15 is 0 Å². The molecule has 0 aliphatic rings. The van der Waals surface area contributed by atoms with Crippen LogP contribution < -0.4 is 0 Å². The molecule has 0 fully saturated rings. The van der Waals surface area contributed by atoms with Gasteiger partial charge < -0.3 is 13.9 Å². The van der Waals surface area contributed by atoms with Crippen molar-refractivity contribution in [3.05, 3.63) is 54.5 Å². The summed E-state index contributed by atoms with van der Waals surface area (Å²) in [6, 6.07) is 10.4. The fourth-order valence-electron chi connectivity index (χ4n) is 3.08. The van der Waals surface area contributed by atoms with Crippen molar-refractivity contribution in [2.24, 2.45) is 0 Å². The van der Waals surface area contributed by atoms with Crippen LogP contribution in [-0.2, 0) is 17.7 Å². The van der Waals surface area contributed by atoms with Crippen molar-refractivity contribution in [2.45, 2.75) is 25.9 Å². The van der Waals surface area contributed by atoms with E-state index in [4.69, 9.17) is 9.72 Å². The van der Waals surface area contributed by atoms with Gasteiger partial charge in [-0.3, -0.25) is 0 Å². The molecule has 1 atom stereocenters. The topological polar surface area (TPSA) is 57.8 Å². The highest BCUT2D eigenvalue weighted by atomic mass is 32.2. The van der Waals surface area contributed by atoms with Crippen molar-refractivity contribution in [2.75, 3.05) is 25.7 Å². The summed E-state index contributed by atoms with van der Waals surface area (Å²) in [4.78, 5) is 4.73. The smallest absolute Gasteiger partial charge is 0.155 e. The van der Waals surface area contributed by atoms with Gasteiger partial charge in [0.2, 0.25) is 0 Å². The average molecular weight is 372 g/mol. The number of hydrogen-bond acceptors (Lipinski definition) is 5. The molecule has 7 heteroatoms. The van der Waals surface area contributed by atoms with Gasteiger partial charge in [0.1, 0.15) is 6.33 Å². The lowest BCUT2D eigenvalue weighted by atomic mass is 10.1. The van der Waals surface area contributed by atoms with Crippen LogP contribution in [0.2, 0.25) is 0 Å². The average Bonchev–Trinajstić information content (AvgIpc) is 3.31. The lowest BCUT2D eigenvalue weighted by Gasteiger charge is -2.18. The number of rotatable bonds is 9. The third kappa shape index (κ3) is 3.99. The van der Waals surface area contributed by atoms with Crippen molar-refractivity contribution in [3.8, 4) is 11.3 Å². The number of nitrogens with zero attached hydrogens (tertiary/aromatic N) is 5. The van der Waals surface area contributed by atoms with Gasteiger partial charge in [-0.2, -0.15) is 11.8 Å². The Kier molecular flexibility index (Phi) is 6.46. The van der Waals surface area contributed by atoms with Gasteiger partial charge in [0.15, 0.2) is 5.82 Å². The van der Waals surface area contributed by atoms with E-state index in [1.807, 2.05) is 24.2 Å². The summed E-state index contributed by atoms with van der Waals surface area (Å²) in [5.41, 5.74) is 3.43. The van der Waals surface area contributed by atoms with Crippen molar-refractivity contribution in [1.29, 1.82) is 0 Å². The Labute approximate surface area is 158 Å². The second-order valence-corrected chi connectivity index (χ2v) is 7.09. The zero-order valence-corrected chi connectivity index (χ0v) is 16.3. The quantitative estimate of drug-likeness (QED) is 0.578. The highest BCUT2D eigenvalue weighted by Gasteiger charge is 2.21. The van der Waals surface area contributed by atoms with Crippen molar-refractivity contribution in [3.63, 3.8) is 0 Å². The monoisotopic (exact) mass is 371 g/mol. The number of hydrogen-bond donors (Lipinski definition) is 0. The van der Waals surface area contributed by atoms with Crippen LogP contribution in [0.25, 0.3) is 11.3 Å². The zero-order valence-electron chi connectivity index (χ0n) is 15.5. The molecule has 2 heterocycles. The third-order valence-electron chi connectivity index (χ3n) is 4.46. The fraction of sp³-hybridized carbons (Fsp3) is 0.421. The van der Waals surface area contributed by atoms with E-state index in [2.05, 4.69) is 56.8 Å². The maximum Gasteiger partial charge on any atom is 0.155 e. The predicted molar refractivity (Wildman–Crippen MR) is 105 cm³/mol. The molecule has 3 rings (SSSR count). The van der Waals surface area contributed by atoms with Crippen LogP contribution in [0.3, 0.4) is 0 Å². The van der Waals surface area contributed by atoms with Gasteiger partial charge in [0.05, 0.1) is 24.7 Å². The maximum atomic E-state index is 5.20. The summed E-state index contributed by atoms with van der Waals surface area (Å²) in [7, 11) is 1.70. The maximum absolute atomic E-state index is 5.20. The van der Waals surface area contributed by atoms with Crippen LogP contribution in [0.4, 0.5) is 0 Å². The molecule has 0 saturated carbocycles. The molecule has 0 bridgehead atoms. The normalized spacial score (nSPS) is 12.4. The molecule has 2 aromatic heterocycles. The molecular formula is C19H25N5OS. The molecule has 6 nitrogen and oxygen atoms in total. The van der Waals surface area contributed by atoms with Crippen LogP contribution in [-0.4, -0.2) is 50.0 Å². The summed E-state index contributed by atoms with van der Waals surface area (Å²) >= 11 is 1.85. The van der Waals surface area contributed by atoms with Crippen molar-refractivity contribution >= 4 is 11.8 Å². The van der Waals surface area contributed by atoms with E-state index in [1.165, 1.54) is 5.69 Å². The number of ether oxygens (including phenoxy) is 1. The molecule has 1 aromatic carbocycles. The zero-order chi connectivity index (χ0) is 18.4. The summed E-state index contributed by atoms with van der Waals surface area (Å²) in [5.74, 6) is 1.97. The minimum absolute atomic E-state index is 0.0520. The Morgan fingerprint density at radius 1 is 1.19 bits per heavy atom. The fourth-order valence-corrected chi connectivity index (χ4v) is 3.47. The summed E-state index contributed by atoms with van der Waals surface area (Å²) in [6.45, 7) is 3.52. The van der Waals surface area contributed by atoms with Crippen LogP contribution in [0, 0.1) is 0 Å². The number of thioether (sulfide) groups is 1. The summed E-state index contributed by atoms with van der Waals surface area (Å²) < 4.78 is 9.47. The SMILES string of the molecule is COCCn1cnnc1[C@H](C)n1cnc(-c2ccccc2)c1CCSC. The molecule has 0 unspecified atom stereocenters. The Morgan fingerprint density at radius 3 is 2.73 bits per heavy atom. The molecule has 0 saturated heterocycles. The number of benzene rings is 1. The van der Waals surface area contributed by atoms with E-state index in [0.29, 0.717) is 6.61 Å². The first-order chi connectivity index (χ1) is 12.8. The standard InChI is InChI=1S/C19H25N5OS/c1-15(19-22-21-14-23(19)10-11-25-2)24-13-20-18(17(24)9-12-26-3)16-7-5-4-6-8-16/h4-8,13-15H,9-12H2,1-3H3/t15-/m0/s1. The van der Waals surface area contributed by atoms with Gasteiger partial charge in [0, 0.05) is 24.9 Å². The molecule has 0 N–H and O–H groups in total. The first-order valence-corrected chi connectivity index (χ1v) is 10.1. The van der Waals surface area contributed by atoms with E-state index in [0.717, 1.165) is 35.8 Å². The third-order valence-corrected chi connectivity index (χ3v) is 5.07. The van der Waals surface area contributed by atoms with Crippen LogP contribution in [0.1, 0.15) is 24.5 Å². The molecule has 0 aliphatic heterocycles. The summed E-state index contributed by atoms with van der Waals surface area (Å²) in [5, 5.41) is 8.45. The Balaban J connectivity index is 1.96. The molecule has 138 valence electrons. The first kappa shape index (κ1) is 18.7. The Bertz CT molecular complexity index is 814. The molecule has 0 aliphatic carbocycles. The number of aromatic nitrogens is 5. The molecule has 0 amide bonds. The Hall–Kier alpha value is -2.12. The Morgan fingerprint density at radius 2 is 2.00 bits per heavy atom. The van der Waals surface area contributed by atoms with E-state index in [-0.39, 0.29) is 6.04 Å². The van der Waals surface area contributed by atoms with E-state index in [1.54, 1.807) is 13.4 Å². The molecule has 0 spiro atoms. The second-order valence-electron chi connectivity index (χ2n) is 6.11. The minimum atomic E-state index is 0.0520. The van der Waals surface area contributed by atoms with Gasteiger partial charge in [-0.1, -0.05) is 30.3 Å². The molecular weight excluding hydrogens is 346 g/mol. The largest absolute Gasteiger partial charge is 0.383 e. The van der Waals surface area contributed by atoms with Crippen molar-refractivity contribution in [1.82, 2.24) is 24.3 Å². The molecule has 26 heavy (non-hydrogen) atoms. The molecule has 3 aromatic rings. The summed E-state index contributed by atoms with van der Waals surface area (Å²) in [6.07, 6.45) is 6.79. The number of imidazole rings is 1. The van der Waals surface area contributed by atoms with Crippen LogP contribution in [0.15, 0.2) is 43.0 Å². The van der Waals surface area contributed by atoms with Crippen LogP contribution in [0.5, 0.6) is 0 Å². The second kappa shape index (κ2) is 9.00. The first-order valence-electron chi connectivity index (χ1n) is 8.73. The van der Waals surface area contributed by atoms with Gasteiger partial charge in [0.25, 0.3) is 0 Å². The molecule has 0 radical (unpaired) electrons. The van der Waals surface area contributed by atoms with Gasteiger partial charge in [-0.05, 0) is 25.4 Å². The lowest BCUT2D eigenvalue weighted by molar-refractivity contribution is 0.185. The van der Waals surface area contributed by atoms with Crippen molar-refractivity contribution < 1.29 is 4.74 Å². The number of methoxy groups -OCH3 is 1. The van der Waals surface area contributed by atoms with Gasteiger partial charge in [-0.15, -0.1) is 10.2 Å². The highest BCUT2D eigenvalue weighted by molar-refractivity contribution is 7.98. The van der Waals surface area contributed by atoms with Gasteiger partial charge >= 0.3 is 0 Å². The van der Waals surface area contributed by atoms with Crippen LogP contribution >= 0.6 is 11.8 Å². The lowest BCUT2D eigenvalue weighted by Crippen LogP contribution is -2.17. The van der Waals surface area contributed by atoms with E-state index in [9.17, 15) is 0 Å². The minimum Gasteiger partial charge on any atom is -0.383 e.